The number of aliphatic carboxylic acids is 1. The number of piperidine rings is 1. The Kier molecular flexibility index (Phi) is 5.76. The minimum atomic E-state index is -1.28. The van der Waals surface area contributed by atoms with Crippen LogP contribution in [0.15, 0.2) is 78.9 Å². The molecule has 0 aromatic heterocycles. The summed E-state index contributed by atoms with van der Waals surface area (Å²) >= 11 is 0. The standard InChI is InChI=1S/C30H30N2O4/c33-28(34)30(21-14-15-22(30)18-32(17-21)16-20-8-2-1-3-9-20)31-29(35)36-19-27-25-12-6-4-10-23(25)24-11-5-7-13-26(24)27/h1-13,21-22,27H,14-19H2,(H,31,35)(H,33,34). The van der Waals surface area contributed by atoms with Crippen LogP contribution in [0.5, 0.6) is 0 Å². The zero-order chi connectivity index (χ0) is 24.7. The summed E-state index contributed by atoms with van der Waals surface area (Å²) in [5.41, 5.74) is 4.52. The summed E-state index contributed by atoms with van der Waals surface area (Å²) < 4.78 is 5.74. The van der Waals surface area contributed by atoms with Gasteiger partial charge in [0.05, 0.1) is 0 Å². The van der Waals surface area contributed by atoms with E-state index >= 15 is 0 Å². The van der Waals surface area contributed by atoms with Gasteiger partial charge in [-0.1, -0.05) is 78.9 Å². The van der Waals surface area contributed by atoms with Gasteiger partial charge in [-0.05, 0) is 40.7 Å². The van der Waals surface area contributed by atoms with Crippen molar-refractivity contribution in [2.75, 3.05) is 19.7 Å². The van der Waals surface area contributed by atoms with Gasteiger partial charge in [0.2, 0.25) is 0 Å². The third kappa shape index (κ3) is 3.77. The molecular formula is C30H30N2O4. The van der Waals surface area contributed by atoms with E-state index < -0.39 is 17.6 Å². The first kappa shape index (κ1) is 22.8. The first-order chi connectivity index (χ1) is 17.6. The van der Waals surface area contributed by atoms with E-state index in [1.54, 1.807) is 0 Å². The van der Waals surface area contributed by atoms with E-state index in [1.165, 1.54) is 5.56 Å². The van der Waals surface area contributed by atoms with E-state index in [0.717, 1.165) is 41.6 Å². The van der Waals surface area contributed by atoms with Crippen molar-refractivity contribution in [2.24, 2.45) is 11.8 Å². The van der Waals surface area contributed by atoms with Crippen LogP contribution in [0.1, 0.15) is 35.4 Å². The number of hydrogen-bond acceptors (Lipinski definition) is 4. The maximum absolute atomic E-state index is 13.1. The molecule has 0 radical (unpaired) electrons. The van der Waals surface area contributed by atoms with Gasteiger partial charge in [0.1, 0.15) is 12.1 Å². The average Bonchev–Trinajstić information content (AvgIpc) is 3.30. The summed E-state index contributed by atoms with van der Waals surface area (Å²) in [6, 6.07) is 26.6. The van der Waals surface area contributed by atoms with Crippen molar-refractivity contribution in [3.05, 3.63) is 95.6 Å². The molecule has 0 spiro atoms. The number of carbonyl (C=O) groups excluding carboxylic acids is 1. The molecule has 2 fully saturated rings. The molecule has 6 nitrogen and oxygen atoms in total. The highest BCUT2D eigenvalue weighted by molar-refractivity contribution is 5.86. The van der Waals surface area contributed by atoms with Crippen LogP contribution in [0.3, 0.4) is 0 Å². The summed E-state index contributed by atoms with van der Waals surface area (Å²) in [5, 5.41) is 13.2. The first-order valence-corrected chi connectivity index (χ1v) is 12.7. The molecule has 2 unspecified atom stereocenters. The van der Waals surface area contributed by atoms with Crippen LogP contribution in [0, 0.1) is 11.8 Å². The minimum absolute atomic E-state index is 0.0617. The predicted octanol–water partition coefficient (Wildman–Crippen LogP) is 4.89. The van der Waals surface area contributed by atoms with Gasteiger partial charge in [0.25, 0.3) is 0 Å². The lowest BCUT2D eigenvalue weighted by Gasteiger charge is -2.45. The second-order valence-electron chi connectivity index (χ2n) is 10.3. The molecule has 1 saturated heterocycles. The van der Waals surface area contributed by atoms with E-state index in [2.05, 4.69) is 46.6 Å². The Hall–Kier alpha value is -3.64. The molecule has 36 heavy (non-hydrogen) atoms. The highest BCUT2D eigenvalue weighted by Crippen LogP contribution is 2.47. The van der Waals surface area contributed by atoms with Crippen molar-refractivity contribution in [1.29, 1.82) is 0 Å². The molecule has 2 bridgehead atoms. The van der Waals surface area contributed by atoms with Crippen molar-refractivity contribution in [3.8, 4) is 11.1 Å². The van der Waals surface area contributed by atoms with E-state index in [9.17, 15) is 14.7 Å². The molecule has 3 aromatic carbocycles. The summed E-state index contributed by atoms with van der Waals surface area (Å²) in [7, 11) is 0. The molecule has 3 aliphatic rings. The number of benzene rings is 3. The van der Waals surface area contributed by atoms with Crippen LogP contribution in [-0.2, 0) is 16.1 Å². The van der Waals surface area contributed by atoms with Gasteiger partial charge in [-0.25, -0.2) is 9.59 Å². The highest BCUT2D eigenvalue weighted by atomic mass is 16.5. The van der Waals surface area contributed by atoms with Gasteiger partial charge >= 0.3 is 12.1 Å². The first-order valence-electron chi connectivity index (χ1n) is 12.7. The molecule has 3 aromatic rings. The lowest BCUT2D eigenvalue weighted by atomic mass is 9.76. The van der Waals surface area contributed by atoms with Gasteiger partial charge in [-0.15, -0.1) is 0 Å². The lowest BCUT2D eigenvalue weighted by molar-refractivity contribution is -0.151. The number of carboxylic acid groups (broad SMARTS) is 1. The van der Waals surface area contributed by atoms with E-state index in [0.29, 0.717) is 13.1 Å². The minimum Gasteiger partial charge on any atom is -0.479 e. The fourth-order valence-corrected chi connectivity index (χ4v) is 6.74. The Morgan fingerprint density at radius 3 is 2.00 bits per heavy atom. The van der Waals surface area contributed by atoms with E-state index in [1.807, 2.05) is 42.5 Å². The number of hydrogen-bond donors (Lipinski definition) is 2. The van der Waals surface area contributed by atoms with Crippen LogP contribution in [0.2, 0.25) is 0 Å². The molecule has 1 saturated carbocycles. The van der Waals surface area contributed by atoms with E-state index in [-0.39, 0.29) is 24.4 Å². The van der Waals surface area contributed by atoms with Crippen LogP contribution < -0.4 is 5.32 Å². The number of carboxylic acids is 1. The molecule has 6 heteroatoms. The summed E-state index contributed by atoms with van der Waals surface area (Å²) in [4.78, 5) is 28.0. The SMILES string of the molecule is O=C(NC1(C(=O)O)C2CCC1CN(Cc1ccccc1)C2)OCC1c2ccccc2-c2ccccc21. The van der Waals surface area contributed by atoms with Gasteiger partial charge in [0.15, 0.2) is 0 Å². The number of carbonyl (C=O) groups is 2. The Morgan fingerprint density at radius 2 is 1.42 bits per heavy atom. The molecule has 184 valence electrons. The number of nitrogens with zero attached hydrogens (tertiary/aromatic N) is 1. The third-order valence-corrected chi connectivity index (χ3v) is 8.36. The van der Waals surface area contributed by atoms with Crippen LogP contribution in [0.25, 0.3) is 11.1 Å². The topological polar surface area (TPSA) is 78.9 Å². The average molecular weight is 483 g/mol. The van der Waals surface area contributed by atoms with Gasteiger partial charge < -0.3 is 15.2 Å². The molecule has 1 amide bonds. The summed E-state index contributed by atoms with van der Waals surface area (Å²) in [5.74, 6) is -1.33. The van der Waals surface area contributed by atoms with Crippen molar-refractivity contribution in [3.63, 3.8) is 0 Å². The quantitative estimate of drug-likeness (QED) is 0.523. The lowest BCUT2D eigenvalue weighted by Crippen LogP contribution is -2.67. The Morgan fingerprint density at radius 1 is 0.861 bits per heavy atom. The molecule has 2 N–H and O–H groups in total. The van der Waals surface area contributed by atoms with Crippen LogP contribution in [0.4, 0.5) is 4.79 Å². The second-order valence-corrected chi connectivity index (χ2v) is 10.3. The Labute approximate surface area is 210 Å². The number of nitrogens with one attached hydrogen (secondary N) is 1. The van der Waals surface area contributed by atoms with Gasteiger partial charge in [-0.3, -0.25) is 4.90 Å². The zero-order valence-electron chi connectivity index (χ0n) is 20.1. The number of likely N-dealkylation sites (tertiary alicyclic amines) is 1. The number of fused-ring (bicyclic) bond motifs is 5. The van der Waals surface area contributed by atoms with Crippen molar-refractivity contribution in [1.82, 2.24) is 10.2 Å². The monoisotopic (exact) mass is 482 g/mol. The number of rotatable bonds is 6. The van der Waals surface area contributed by atoms with Gasteiger partial charge in [-0.2, -0.15) is 0 Å². The molecular weight excluding hydrogens is 452 g/mol. The Balaban J connectivity index is 1.16. The summed E-state index contributed by atoms with van der Waals surface area (Å²) in [6.07, 6.45) is 0.922. The fourth-order valence-electron chi connectivity index (χ4n) is 6.74. The normalized spacial score (nSPS) is 24.7. The molecule has 1 heterocycles. The van der Waals surface area contributed by atoms with Crippen LogP contribution in [-0.4, -0.2) is 47.3 Å². The van der Waals surface area contributed by atoms with Crippen LogP contribution >= 0.6 is 0 Å². The predicted molar refractivity (Wildman–Crippen MR) is 137 cm³/mol. The third-order valence-electron chi connectivity index (χ3n) is 8.36. The van der Waals surface area contributed by atoms with Crippen molar-refractivity contribution >= 4 is 12.1 Å². The number of ether oxygens (including phenoxy) is 1. The maximum atomic E-state index is 13.1. The zero-order valence-corrected chi connectivity index (χ0v) is 20.1. The largest absolute Gasteiger partial charge is 0.479 e. The summed E-state index contributed by atoms with van der Waals surface area (Å²) in [6.45, 7) is 2.24. The number of alkyl carbamates (subject to hydrolysis) is 1. The van der Waals surface area contributed by atoms with E-state index in [4.69, 9.17) is 4.74 Å². The molecule has 2 aliphatic carbocycles. The molecule has 6 rings (SSSR count). The highest BCUT2D eigenvalue weighted by Gasteiger charge is 2.60. The molecule has 1 aliphatic heterocycles. The maximum Gasteiger partial charge on any atom is 0.408 e. The van der Waals surface area contributed by atoms with Crippen molar-refractivity contribution in [2.45, 2.75) is 30.8 Å². The Bertz CT molecular complexity index is 1230. The fraction of sp³-hybridized carbons (Fsp3) is 0.333. The molecule has 2 atom stereocenters. The van der Waals surface area contributed by atoms with Crippen molar-refractivity contribution < 1.29 is 19.4 Å². The smallest absolute Gasteiger partial charge is 0.408 e. The van der Waals surface area contributed by atoms with Gasteiger partial charge in [0, 0.05) is 37.4 Å². The number of amides is 1. The second kappa shape index (κ2) is 9.10.